The maximum Gasteiger partial charge on any atom is 0.222 e. The fourth-order valence-electron chi connectivity index (χ4n) is 2.21. The van der Waals surface area contributed by atoms with Gasteiger partial charge in [-0.2, -0.15) is 0 Å². The molecule has 2 rings (SSSR count). The average Bonchev–Trinajstić information content (AvgIpc) is 2.80. The van der Waals surface area contributed by atoms with Crippen LogP contribution in [0, 0.1) is 5.92 Å². The Bertz CT molecular complexity index is 214. The van der Waals surface area contributed by atoms with Gasteiger partial charge in [0.05, 0.1) is 0 Å². The van der Waals surface area contributed by atoms with Crippen LogP contribution in [0.1, 0.15) is 19.3 Å². The van der Waals surface area contributed by atoms with Crippen molar-refractivity contribution in [3.05, 3.63) is 0 Å². The van der Waals surface area contributed by atoms with Crippen LogP contribution < -0.4 is 5.32 Å². The summed E-state index contributed by atoms with van der Waals surface area (Å²) < 4.78 is 5.30. The Hall–Kier alpha value is -0.320. The zero-order chi connectivity index (χ0) is 10.5. The molecule has 0 aromatic heterocycles. The Morgan fingerprint density at radius 3 is 2.75 bits per heavy atom. The van der Waals surface area contributed by atoms with E-state index in [1.54, 1.807) is 0 Å². The Labute approximate surface area is 103 Å². The third-order valence-electron chi connectivity index (χ3n) is 3.26. The van der Waals surface area contributed by atoms with Crippen LogP contribution in [0.2, 0.25) is 0 Å². The fraction of sp³-hybridized carbons (Fsp3) is 0.909. The number of halogens is 1. The van der Waals surface area contributed by atoms with Gasteiger partial charge >= 0.3 is 0 Å². The lowest BCUT2D eigenvalue weighted by Crippen LogP contribution is -2.46. The quantitative estimate of drug-likeness (QED) is 0.798. The summed E-state index contributed by atoms with van der Waals surface area (Å²) in [5.41, 5.74) is 0. The van der Waals surface area contributed by atoms with Gasteiger partial charge in [0.2, 0.25) is 5.91 Å². The summed E-state index contributed by atoms with van der Waals surface area (Å²) >= 11 is 0. The average molecular weight is 249 g/mol. The molecule has 0 saturated carbocycles. The van der Waals surface area contributed by atoms with Gasteiger partial charge in [-0.25, -0.2) is 0 Å². The predicted molar refractivity (Wildman–Crippen MR) is 64.9 cm³/mol. The van der Waals surface area contributed by atoms with Gasteiger partial charge in [-0.05, 0) is 18.8 Å². The van der Waals surface area contributed by atoms with Gasteiger partial charge in [0.1, 0.15) is 0 Å². The van der Waals surface area contributed by atoms with Gasteiger partial charge in [-0.3, -0.25) is 4.79 Å². The Kier molecular flexibility index (Phi) is 6.09. The first-order valence-electron chi connectivity index (χ1n) is 5.92. The van der Waals surface area contributed by atoms with Gasteiger partial charge in [-0.1, -0.05) is 0 Å². The Morgan fingerprint density at radius 1 is 1.38 bits per heavy atom. The van der Waals surface area contributed by atoms with Crippen LogP contribution in [0.25, 0.3) is 0 Å². The Morgan fingerprint density at radius 2 is 2.12 bits per heavy atom. The molecule has 1 atom stereocenters. The molecule has 0 bridgehead atoms. The number of carbonyl (C=O) groups excluding carboxylic acids is 1. The van der Waals surface area contributed by atoms with E-state index in [0.717, 1.165) is 52.2 Å². The highest BCUT2D eigenvalue weighted by Crippen LogP contribution is 2.18. The van der Waals surface area contributed by atoms with Crippen molar-refractivity contribution in [2.75, 3.05) is 39.4 Å². The van der Waals surface area contributed by atoms with E-state index in [0.29, 0.717) is 18.2 Å². The molecule has 1 unspecified atom stereocenters. The second kappa shape index (κ2) is 7.09. The van der Waals surface area contributed by atoms with Crippen molar-refractivity contribution in [3.8, 4) is 0 Å². The molecule has 94 valence electrons. The van der Waals surface area contributed by atoms with E-state index < -0.39 is 0 Å². The van der Waals surface area contributed by atoms with Crippen LogP contribution in [0.4, 0.5) is 0 Å². The van der Waals surface area contributed by atoms with Gasteiger partial charge in [0.25, 0.3) is 0 Å². The van der Waals surface area contributed by atoms with E-state index in [4.69, 9.17) is 4.74 Å². The first-order valence-corrected chi connectivity index (χ1v) is 5.92. The number of carbonyl (C=O) groups is 1. The van der Waals surface area contributed by atoms with Gasteiger partial charge < -0.3 is 15.0 Å². The third-order valence-corrected chi connectivity index (χ3v) is 3.26. The van der Waals surface area contributed by atoms with Crippen LogP contribution in [0.3, 0.4) is 0 Å². The number of nitrogens with one attached hydrogen (secondary N) is 1. The predicted octanol–water partition coefficient (Wildman–Crippen LogP) is 0.657. The van der Waals surface area contributed by atoms with E-state index >= 15 is 0 Å². The van der Waals surface area contributed by atoms with E-state index in [1.165, 1.54) is 0 Å². The van der Waals surface area contributed by atoms with E-state index in [2.05, 4.69) is 5.32 Å². The minimum Gasteiger partial charge on any atom is -0.381 e. The molecule has 4 nitrogen and oxygen atoms in total. The van der Waals surface area contributed by atoms with E-state index in [-0.39, 0.29) is 12.4 Å². The maximum absolute atomic E-state index is 11.8. The van der Waals surface area contributed by atoms with Crippen molar-refractivity contribution in [3.63, 3.8) is 0 Å². The summed E-state index contributed by atoms with van der Waals surface area (Å²) in [4.78, 5) is 13.8. The lowest BCUT2D eigenvalue weighted by molar-refractivity contribution is -0.132. The van der Waals surface area contributed by atoms with Crippen molar-refractivity contribution < 1.29 is 9.53 Å². The number of nitrogens with zero attached hydrogens (tertiary/aromatic N) is 1. The molecular weight excluding hydrogens is 228 g/mol. The first kappa shape index (κ1) is 13.7. The van der Waals surface area contributed by atoms with Gasteiger partial charge in [-0.15, -0.1) is 12.4 Å². The number of hydrogen-bond donors (Lipinski definition) is 1. The smallest absolute Gasteiger partial charge is 0.222 e. The zero-order valence-electron chi connectivity index (χ0n) is 9.61. The second-order valence-electron chi connectivity index (χ2n) is 4.40. The van der Waals surface area contributed by atoms with Crippen LogP contribution in [0.15, 0.2) is 0 Å². The van der Waals surface area contributed by atoms with Gasteiger partial charge in [0.15, 0.2) is 0 Å². The number of hydrogen-bond acceptors (Lipinski definition) is 3. The lowest BCUT2D eigenvalue weighted by atomic mass is 10.0. The SMILES string of the molecule is Cl.O=C(CCC1CCOC1)N1CCNCC1. The molecule has 0 spiro atoms. The van der Waals surface area contributed by atoms with Crippen molar-refractivity contribution in [1.82, 2.24) is 10.2 Å². The summed E-state index contributed by atoms with van der Waals surface area (Å²) in [7, 11) is 0. The highest BCUT2D eigenvalue weighted by Gasteiger charge is 2.20. The normalized spacial score (nSPS) is 25.2. The molecule has 2 fully saturated rings. The van der Waals surface area contributed by atoms with Crippen LogP contribution >= 0.6 is 12.4 Å². The van der Waals surface area contributed by atoms with E-state index in [9.17, 15) is 4.79 Å². The van der Waals surface area contributed by atoms with Crippen LogP contribution in [-0.2, 0) is 9.53 Å². The van der Waals surface area contributed by atoms with Crippen molar-refractivity contribution in [1.29, 1.82) is 0 Å². The zero-order valence-corrected chi connectivity index (χ0v) is 10.4. The number of rotatable bonds is 3. The van der Waals surface area contributed by atoms with Crippen molar-refractivity contribution >= 4 is 18.3 Å². The van der Waals surface area contributed by atoms with E-state index in [1.807, 2.05) is 4.90 Å². The first-order chi connectivity index (χ1) is 7.36. The monoisotopic (exact) mass is 248 g/mol. The summed E-state index contributed by atoms with van der Waals surface area (Å²) in [5, 5.41) is 3.25. The number of piperazine rings is 1. The molecule has 16 heavy (non-hydrogen) atoms. The van der Waals surface area contributed by atoms with Crippen LogP contribution in [-0.4, -0.2) is 50.2 Å². The number of ether oxygens (including phenoxy) is 1. The summed E-state index contributed by atoms with van der Waals surface area (Å²) in [6.45, 7) is 5.37. The Balaban J connectivity index is 0.00000128. The molecule has 0 aromatic rings. The molecule has 1 N–H and O–H groups in total. The molecule has 2 aliphatic rings. The maximum atomic E-state index is 11.8. The molecule has 1 amide bonds. The van der Waals surface area contributed by atoms with Crippen molar-refractivity contribution in [2.45, 2.75) is 19.3 Å². The minimum absolute atomic E-state index is 0. The second-order valence-corrected chi connectivity index (χ2v) is 4.40. The molecule has 0 aliphatic carbocycles. The topological polar surface area (TPSA) is 41.6 Å². The highest BCUT2D eigenvalue weighted by molar-refractivity contribution is 5.85. The standard InChI is InChI=1S/C11H20N2O2.ClH/c14-11(13-6-4-12-5-7-13)2-1-10-3-8-15-9-10;/h10,12H,1-9H2;1H. The third kappa shape index (κ3) is 3.92. The molecule has 2 heterocycles. The molecule has 5 heteroatoms. The number of amides is 1. The molecule has 2 saturated heterocycles. The minimum atomic E-state index is 0. The molecule has 0 aromatic carbocycles. The lowest BCUT2D eigenvalue weighted by Gasteiger charge is -2.27. The highest BCUT2D eigenvalue weighted by atomic mass is 35.5. The summed E-state index contributed by atoms with van der Waals surface area (Å²) in [5.74, 6) is 0.945. The summed E-state index contributed by atoms with van der Waals surface area (Å²) in [6, 6.07) is 0. The largest absolute Gasteiger partial charge is 0.381 e. The molecular formula is C11H21ClN2O2. The van der Waals surface area contributed by atoms with Gasteiger partial charge in [0, 0.05) is 45.8 Å². The summed E-state index contributed by atoms with van der Waals surface area (Å²) in [6.07, 6.45) is 2.84. The molecule has 2 aliphatic heterocycles. The fourth-order valence-corrected chi connectivity index (χ4v) is 2.21. The molecule has 0 radical (unpaired) electrons. The van der Waals surface area contributed by atoms with Crippen molar-refractivity contribution in [2.24, 2.45) is 5.92 Å². The van der Waals surface area contributed by atoms with Crippen LogP contribution in [0.5, 0.6) is 0 Å².